The van der Waals surface area contributed by atoms with Gasteiger partial charge in [0, 0.05) is 26.2 Å². The van der Waals surface area contributed by atoms with Crippen LogP contribution in [0.5, 0.6) is 0 Å². The molecule has 0 aliphatic carbocycles. The standard InChI is InChI=1S/C15H21ClFN3O/c16-13-4-3-11(8-14(13)17)9-20-7-1-2-12(10-20)15(21)19-6-5-18/h3-4,8,12H,1-2,5-7,9-10,18H2,(H,19,21). The predicted octanol–water partition coefficient (Wildman–Crippen LogP) is 1.77. The molecule has 0 spiro atoms. The summed E-state index contributed by atoms with van der Waals surface area (Å²) in [5, 5.41) is 2.97. The van der Waals surface area contributed by atoms with Crippen molar-refractivity contribution in [2.75, 3.05) is 26.2 Å². The van der Waals surface area contributed by atoms with Crippen LogP contribution in [0.25, 0.3) is 0 Å². The number of hydrogen-bond donors (Lipinski definition) is 2. The van der Waals surface area contributed by atoms with E-state index in [4.69, 9.17) is 17.3 Å². The van der Waals surface area contributed by atoms with Gasteiger partial charge >= 0.3 is 0 Å². The number of rotatable bonds is 5. The van der Waals surface area contributed by atoms with Gasteiger partial charge in [-0.2, -0.15) is 0 Å². The van der Waals surface area contributed by atoms with Crippen LogP contribution in [0, 0.1) is 11.7 Å². The number of nitrogens with one attached hydrogen (secondary N) is 1. The molecule has 1 unspecified atom stereocenters. The molecule has 1 aromatic carbocycles. The summed E-state index contributed by atoms with van der Waals surface area (Å²) < 4.78 is 13.5. The van der Waals surface area contributed by atoms with E-state index in [1.54, 1.807) is 6.07 Å². The quantitative estimate of drug-likeness (QED) is 0.871. The summed E-state index contributed by atoms with van der Waals surface area (Å²) in [5.74, 6) is -0.349. The van der Waals surface area contributed by atoms with Crippen molar-refractivity contribution in [1.29, 1.82) is 0 Å². The van der Waals surface area contributed by atoms with Crippen LogP contribution in [-0.2, 0) is 11.3 Å². The number of nitrogens with two attached hydrogens (primary N) is 1. The Labute approximate surface area is 129 Å². The molecule has 6 heteroatoms. The average molecular weight is 314 g/mol. The maximum Gasteiger partial charge on any atom is 0.224 e. The van der Waals surface area contributed by atoms with Gasteiger partial charge in [0.25, 0.3) is 0 Å². The Balaban J connectivity index is 1.91. The summed E-state index contributed by atoms with van der Waals surface area (Å²) in [4.78, 5) is 14.2. The number of carbonyl (C=O) groups excluding carboxylic acids is 1. The third kappa shape index (κ3) is 4.66. The van der Waals surface area contributed by atoms with Crippen molar-refractivity contribution in [3.63, 3.8) is 0 Å². The zero-order chi connectivity index (χ0) is 15.2. The first kappa shape index (κ1) is 16.2. The minimum Gasteiger partial charge on any atom is -0.355 e. The van der Waals surface area contributed by atoms with Gasteiger partial charge in [0.05, 0.1) is 10.9 Å². The van der Waals surface area contributed by atoms with E-state index in [9.17, 15) is 9.18 Å². The summed E-state index contributed by atoms with van der Waals surface area (Å²) in [6, 6.07) is 4.85. The molecule has 4 nitrogen and oxygen atoms in total. The van der Waals surface area contributed by atoms with E-state index in [0.29, 0.717) is 26.2 Å². The molecule has 1 aromatic rings. The molecule has 1 saturated heterocycles. The van der Waals surface area contributed by atoms with Crippen LogP contribution in [0.15, 0.2) is 18.2 Å². The summed E-state index contributed by atoms with van der Waals surface area (Å²) in [7, 11) is 0. The summed E-state index contributed by atoms with van der Waals surface area (Å²) in [5.41, 5.74) is 6.27. The van der Waals surface area contributed by atoms with E-state index in [0.717, 1.165) is 24.9 Å². The van der Waals surface area contributed by atoms with Crippen LogP contribution in [-0.4, -0.2) is 37.0 Å². The van der Waals surface area contributed by atoms with Crippen LogP contribution in [0.2, 0.25) is 5.02 Å². The SMILES string of the molecule is NCCNC(=O)C1CCCN(Cc2ccc(Cl)c(F)c2)C1. The van der Waals surface area contributed by atoms with E-state index in [-0.39, 0.29) is 16.8 Å². The molecule has 1 atom stereocenters. The fourth-order valence-corrected chi connectivity index (χ4v) is 2.77. The lowest BCUT2D eigenvalue weighted by Gasteiger charge is -2.32. The Morgan fingerprint density at radius 2 is 2.33 bits per heavy atom. The van der Waals surface area contributed by atoms with Gasteiger partial charge in [-0.05, 0) is 37.1 Å². The Hall–Kier alpha value is -1.17. The number of carbonyl (C=O) groups is 1. The Morgan fingerprint density at radius 3 is 3.05 bits per heavy atom. The topological polar surface area (TPSA) is 58.4 Å². The smallest absolute Gasteiger partial charge is 0.224 e. The third-order valence-electron chi connectivity index (χ3n) is 3.71. The Kier molecular flexibility index (Phi) is 5.96. The van der Waals surface area contributed by atoms with Crippen molar-refractivity contribution in [2.45, 2.75) is 19.4 Å². The number of nitrogens with zero attached hydrogens (tertiary/aromatic N) is 1. The van der Waals surface area contributed by atoms with Crippen molar-refractivity contribution in [3.05, 3.63) is 34.6 Å². The van der Waals surface area contributed by atoms with E-state index >= 15 is 0 Å². The molecule has 21 heavy (non-hydrogen) atoms. The number of hydrogen-bond acceptors (Lipinski definition) is 3. The maximum atomic E-state index is 13.5. The van der Waals surface area contributed by atoms with E-state index in [1.807, 2.05) is 6.07 Å². The van der Waals surface area contributed by atoms with Gasteiger partial charge in [-0.15, -0.1) is 0 Å². The molecular formula is C15H21ClFN3O. The van der Waals surface area contributed by atoms with Crippen LogP contribution in [0.4, 0.5) is 4.39 Å². The van der Waals surface area contributed by atoms with Crippen LogP contribution in [0.3, 0.4) is 0 Å². The number of halogens is 2. The lowest BCUT2D eigenvalue weighted by molar-refractivity contribution is -0.126. The maximum absolute atomic E-state index is 13.5. The second-order valence-corrected chi connectivity index (χ2v) is 5.81. The van der Waals surface area contributed by atoms with Crippen molar-refractivity contribution in [3.8, 4) is 0 Å². The lowest BCUT2D eigenvalue weighted by atomic mass is 9.96. The summed E-state index contributed by atoms with van der Waals surface area (Å²) in [6.45, 7) is 3.21. The van der Waals surface area contributed by atoms with E-state index < -0.39 is 5.82 Å². The number of amides is 1. The van der Waals surface area contributed by atoms with Gasteiger partial charge in [0.2, 0.25) is 5.91 Å². The average Bonchev–Trinajstić information content (AvgIpc) is 2.49. The molecule has 1 heterocycles. The zero-order valence-corrected chi connectivity index (χ0v) is 12.7. The summed E-state index contributed by atoms with van der Waals surface area (Å²) in [6.07, 6.45) is 1.86. The highest BCUT2D eigenvalue weighted by molar-refractivity contribution is 6.30. The highest BCUT2D eigenvalue weighted by Crippen LogP contribution is 2.21. The summed E-state index contributed by atoms with van der Waals surface area (Å²) >= 11 is 5.68. The second kappa shape index (κ2) is 7.73. The monoisotopic (exact) mass is 313 g/mol. The first-order valence-corrected chi connectivity index (χ1v) is 7.62. The molecule has 1 aliphatic rings. The molecule has 0 bridgehead atoms. The van der Waals surface area contributed by atoms with Gasteiger partial charge < -0.3 is 11.1 Å². The van der Waals surface area contributed by atoms with Gasteiger partial charge in [0.1, 0.15) is 5.82 Å². The van der Waals surface area contributed by atoms with Crippen LogP contribution >= 0.6 is 11.6 Å². The molecule has 0 saturated carbocycles. The van der Waals surface area contributed by atoms with Gasteiger partial charge in [-0.25, -0.2) is 4.39 Å². The zero-order valence-electron chi connectivity index (χ0n) is 11.9. The highest BCUT2D eigenvalue weighted by atomic mass is 35.5. The first-order valence-electron chi connectivity index (χ1n) is 7.24. The number of likely N-dealkylation sites (tertiary alicyclic amines) is 1. The molecule has 1 fully saturated rings. The molecule has 0 radical (unpaired) electrons. The van der Waals surface area contributed by atoms with Crippen LogP contribution in [0.1, 0.15) is 18.4 Å². The minimum atomic E-state index is -0.400. The first-order chi connectivity index (χ1) is 10.1. The van der Waals surface area contributed by atoms with Crippen molar-refractivity contribution in [2.24, 2.45) is 11.7 Å². The third-order valence-corrected chi connectivity index (χ3v) is 4.02. The fourth-order valence-electron chi connectivity index (χ4n) is 2.65. The predicted molar refractivity (Wildman–Crippen MR) is 81.5 cm³/mol. The molecular weight excluding hydrogens is 293 g/mol. The molecule has 3 N–H and O–H groups in total. The highest BCUT2D eigenvalue weighted by Gasteiger charge is 2.25. The van der Waals surface area contributed by atoms with E-state index in [2.05, 4.69) is 10.2 Å². The second-order valence-electron chi connectivity index (χ2n) is 5.40. The Bertz CT molecular complexity index is 498. The minimum absolute atomic E-state index is 0.0116. The van der Waals surface area contributed by atoms with Gasteiger partial charge in [-0.3, -0.25) is 9.69 Å². The molecule has 2 rings (SSSR count). The van der Waals surface area contributed by atoms with Crippen molar-refractivity contribution in [1.82, 2.24) is 10.2 Å². The lowest BCUT2D eigenvalue weighted by Crippen LogP contribution is -2.43. The molecule has 1 amide bonds. The van der Waals surface area contributed by atoms with Gasteiger partial charge in [-0.1, -0.05) is 17.7 Å². The molecule has 116 valence electrons. The molecule has 1 aliphatic heterocycles. The largest absolute Gasteiger partial charge is 0.355 e. The van der Waals surface area contributed by atoms with Crippen molar-refractivity contribution >= 4 is 17.5 Å². The van der Waals surface area contributed by atoms with E-state index in [1.165, 1.54) is 6.07 Å². The Morgan fingerprint density at radius 1 is 1.52 bits per heavy atom. The molecule has 0 aromatic heterocycles. The number of benzene rings is 1. The fraction of sp³-hybridized carbons (Fsp3) is 0.533. The van der Waals surface area contributed by atoms with Crippen molar-refractivity contribution < 1.29 is 9.18 Å². The normalized spacial score (nSPS) is 19.5. The number of piperidine rings is 1. The van der Waals surface area contributed by atoms with Gasteiger partial charge in [0.15, 0.2) is 0 Å². The van der Waals surface area contributed by atoms with Crippen LogP contribution < -0.4 is 11.1 Å².